The molecular weight excluding hydrogens is 266 g/mol. The summed E-state index contributed by atoms with van der Waals surface area (Å²) < 4.78 is 0. The molecule has 0 fully saturated rings. The Morgan fingerprint density at radius 2 is 1.50 bits per heavy atom. The summed E-state index contributed by atoms with van der Waals surface area (Å²) in [6.45, 7) is 0.462. The molecule has 0 aliphatic carbocycles. The van der Waals surface area contributed by atoms with E-state index in [-0.39, 0.29) is 20.9 Å². The first-order valence-corrected chi connectivity index (χ1v) is 5.22. The van der Waals surface area contributed by atoms with Crippen LogP contribution in [0.1, 0.15) is 11.1 Å². The van der Waals surface area contributed by atoms with Crippen LogP contribution in [0.25, 0.3) is 0 Å². The number of benzene rings is 1. The Morgan fingerprint density at radius 3 is 2.14 bits per heavy atom. The lowest BCUT2D eigenvalue weighted by Crippen LogP contribution is -2.12. The zero-order chi connectivity index (χ0) is 10.5. The first kappa shape index (κ1) is 10.4. The number of hydrogen-bond acceptors (Lipinski definition) is 1. The number of nitrogens with one attached hydrogen (secondary N) is 2. The third-order valence-corrected chi connectivity index (χ3v) is 3.90. The summed E-state index contributed by atoms with van der Waals surface area (Å²) in [6, 6.07) is 0. The Balaban J connectivity index is 2.84. The standard InChI is InChI=1S/C8H4Cl4N2/c9-4-2-1-14-8(13)3(2)5(10)7(12)6(4)11/h1H2,(H2,13,14). The summed E-state index contributed by atoms with van der Waals surface area (Å²) in [5.74, 6) is 0.227. The Labute approximate surface area is 101 Å². The van der Waals surface area contributed by atoms with Crippen molar-refractivity contribution >= 4 is 52.2 Å². The smallest absolute Gasteiger partial charge is 0.127 e. The fourth-order valence-electron chi connectivity index (χ4n) is 1.37. The van der Waals surface area contributed by atoms with Gasteiger partial charge in [0.2, 0.25) is 0 Å². The van der Waals surface area contributed by atoms with Crippen molar-refractivity contribution in [3.8, 4) is 0 Å². The average molecular weight is 270 g/mol. The van der Waals surface area contributed by atoms with Gasteiger partial charge in [0.15, 0.2) is 0 Å². The molecule has 1 aromatic rings. The van der Waals surface area contributed by atoms with E-state index in [1.807, 2.05) is 0 Å². The van der Waals surface area contributed by atoms with Crippen molar-refractivity contribution in [3.05, 3.63) is 31.2 Å². The Kier molecular flexibility index (Phi) is 2.56. The Hall–Kier alpha value is -0.150. The second kappa shape index (κ2) is 3.46. The Morgan fingerprint density at radius 1 is 0.929 bits per heavy atom. The molecule has 0 radical (unpaired) electrons. The molecule has 1 aromatic carbocycles. The first-order chi connectivity index (χ1) is 6.54. The topological polar surface area (TPSA) is 35.9 Å². The van der Waals surface area contributed by atoms with Crippen LogP contribution in [0.4, 0.5) is 0 Å². The minimum atomic E-state index is 0.200. The molecule has 1 heterocycles. The van der Waals surface area contributed by atoms with Gasteiger partial charge < -0.3 is 5.32 Å². The maximum Gasteiger partial charge on any atom is 0.127 e. The van der Waals surface area contributed by atoms with Crippen molar-refractivity contribution in [1.29, 1.82) is 5.41 Å². The zero-order valence-electron chi connectivity index (χ0n) is 6.72. The van der Waals surface area contributed by atoms with E-state index in [2.05, 4.69) is 5.32 Å². The summed E-state index contributed by atoms with van der Waals surface area (Å²) in [5.41, 5.74) is 1.28. The first-order valence-electron chi connectivity index (χ1n) is 3.71. The van der Waals surface area contributed by atoms with Crippen LogP contribution < -0.4 is 5.32 Å². The largest absolute Gasteiger partial charge is 0.366 e. The number of fused-ring (bicyclic) bond motifs is 1. The van der Waals surface area contributed by atoms with Crippen LogP contribution in [0.15, 0.2) is 0 Å². The predicted octanol–water partition coefficient (Wildman–Crippen LogP) is 3.73. The van der Waals surface area contributed by atoms with E-state index < -0.39 is 0 Å². The molecule has 6 heteroatoms. The highest BCUT2D eigenvalue weighted by Gasteiger charge is 2.26. The molecule has 14 heavy (non-hydrogen) atoms. The van der Waals surface area contributed by atoms with Gasteiger partial charge in [0, 0.05) is 17.7 Å². The lowest BCUT2D eigenvalue weighted by Gasteiger charge is -2.07. The molecule has 2 rings (SSSR count). The van der Waals surface area contributed by atoms with Crippen molar-refractivity contribution < 1.29 is 0 Å². The summed E-state index contributed by atoms with van der Waals surface area (Å²) in [6.07, 6.45) is 0. The van der Waals surface area contributed by atoms with Gasteiger partial charge in [-0.3, -0.25) is 5.41 Å². The van der Waals surface area contributed by atoms with Crippen molar-refractivity contribution in [2.24, 2.45) is 0 Å². The third-order valence-electron chi connectivity index (χ3n) is 2.06. The highest BCUT2D eigenvalue weighted by Crippen LogP contribution is 2.42. The maximum absolute atomic E-state index is 7.58. The highest BCUT2D eigenvalue weighted by atomic mass is 35.5. The van der Waals surface area contributed by atoms with E-state index in [1.54, 1.807) is 0 Å². The van der Waals surface area contributed by atoms with Crippen molar-refractivity contribution in [3.63, 3.8) is 0 Å². The van der Waals surface area contributed by atoms with Gasteiger partial charge in [-0.05, 0) is 0 Å². The lowest BCUT2D eigenvalue weighted by molar-refractivity contribution is 0.957. The van der Waals surface area contributed by atoms with E-state index in [4.69, 9.17) is 51.8 Å². The Bertz CT molecular complexity index is 442. The van der Waals surface area contributed by atoms with Crippen LogP contribution >= 0.6 is 46.4 Å². The van der Waals surface area contributed by atoms with E-state index in [0.29, 0.717) is 17.1 Å². The number of hydrogen-bond donors (Lipinski definition) is 2. The molecular formula is C8H4Cl4N2. The van der Waals surface area contributed by atoms with Gasteiger partial charge in [-0.25, -0.2) is 0 Å². The van der Waals surface area contributed by atoms with Crippen LogP contribution in [0.2, 0.25) is 20.1 Å². The van der Waals surface area contributed by atoms with E-state index in [9.17, 15) is 0 Å². The molecule has 0 unspecified atom stereocenters. The zero-order valence-corrected chi connectivity index (χ0v) is 9.74. The van der Waals surface area contributed by atoms with Crippen LogP contribution in [0, 0.1) is 5.41 Å². The highest BCUT2D eigenvalue weighted by molar-refractivity contribution is 6.53. The van der Waals surface area contributed by atoms with Gasteiger partial charge in [0.05, 0.1) is 20.1 Å². The monoisotopic (exact) mass is 268 g/mol. The van der Waals surface area contributed by atoms with Crippen molar-refractivity contribution in [2.75, 3.05) is 0 Å². The van der Waals surface area contributed by atoms with Crippen LogP contribution in [-0.4, -0.2) is 5.84 Å². The van der Waals surface area contributed by atoms with Gasteiger partial charge >= 0.3 is 0 Å². The van der Waals surface area contributed by atoms with Gasteiger partial charge in [-0.1, -0.05) is 46.4 Å². The van der Waals surface area contributed by atoms with Gasteiger partial charge in [-0.2, -0.15) is 0 Å². The molecule has 0 aromatic heterocycles. The molecule has 1 aliphatic heterocycles. The molecule has 74 valence electrons. The van der Waals surface area contributed by atoms with Gasteiger partial charge in [0.1, 0.15) is 5.84 Å². The normalized spacial score (nSPS) is 14.1. The van der Waals surface area contributed by atoms with Crippen LogP contribution in [0.5, 0.6) is 0 Å². The van der Waals surface area contributed by atoms with Crippen LogP contribution in [0.3, 0.4) is 0 Å². The number of amidine groups is 1. The predicted molar refractivity (Wildman–Crippen MR) is 60.2 cm³/mol. The van der Waals surface area contributed by atoms with E-state index in [0.717, 1.165) is 5.56 Å². The minimum Gasteiger partial charge on any atom is -0.366 e. The molecule has 1 aliphatic rings. The number of rotatable bonds is 0. The average Bonchev–Trinajstić information content (AvgIpc) is 2.54. The minimum absolute atomic E-state index is 0.200. The second-order valence-corrected chi connectivity index (χ2v) is 4.35. The summed E-state index contributed by atoms with van der Waals surface area (Å²) in [4.78, 5) is 0. The molecule has 0 saturated carbocycles. The maximum atomic E-state index is 7.58. The molecule has 0 saturated heterocycles. The fourth-order valence-corrected chi connectivity index (χ4v) is 2.42. The molecule has 2 nitrogen and oxygen atoms in total. The molecule has 0 amide bonds. The van der Waals surface area contributed by atoms with Crippen molar-refractivity contribution in [2.45, 2.75) is 6.54 Å². The lowest BCUT2D eigenvalue weighted by atomic mass is 10.1. The van der Waals surface area contributed by atoms with Crippen LogP contribution in [-0.2, 0) is 6.54 Å². The molecule has 2 N–H and O–H groups in total. The van der Waals surface area contributed by atoms with E-state index >= 15 is 0 Å². The van der Waals surface area contributed by atoms with Gasteiger partial charge in [0.25, 0.3) is 0 Å². The molecule has 0 bridgehead atoms. The molecule has 0 atom stereocenters. The SMILES string of the molecule is N=C1NCc2c(Cl)c(Cl)c(Cl)c(Cl)c21. The summed E-state index contributed by atoms with van der Waals surface area (Å²) >= 11 is 23.7. The molecule has 0 spiro atoms. The summed E-state index contributed by atoms with van der Waals surface area (Å²) in [7, 11) is 0. The van der Waals surface area contributed by atoms with Gasteiger partial charge in [-0.15, -0.1) is 0 Å². The number of halogens is 4. The fraction of sp³-hybridized carbons (Fsp3) is 0.125. The second-order valence-electron chi connectivity index (χ2n) is 2.84. The quantitative estimate of drug-likeness (QED) is 0.546. The summed E-state index contributed by atoms with van der Waals surface area (Å²) in [5, 5.41) is 11.5. The van der Waals surface area contributed by atoms with E-state index in [1.165, 1.54) is 0 Å². The third kappa shape index (κ3) is 1.29. The van der Waals surface area contributed by atoms with Crippen molar-refractivity contribution in [1.82, 2.24) is 5.32 Å².